The minimum Gasteiger partial charge on any atom is -0.372 e. The molecule has 0 bridgehead atoms. The first kappa shape index (κ1) is 25.2. The van der Waals surface area contributed by atoms with Crippen molar-refractivity contribution < 1.29 is 27.5 Å². The van der Waals surface area contributed by atoms with E-state index in [1.165, 1.54) is 4.90 Å². The lowest BCUT2D eigenvalue weighted by Crippen LogP contribution is -2.53. The van der Waals surface area contributed by atoms with Crippen LogP contribution in [0.15, 0.2) is 60.4 Å². The summed E-state index contributed by atoms with van der Waals surface area (Å²) in [4.78, 5) is 28.1. The second kappa shape index (κ2) is 10.4. The molecule has 36 heavy (non-hydrogen) atoms. The Morgan fingerprint density at radius 2 is 2.00 bits per heavy atom. The Morgan fingerprint density at radius 3 is 2.69 bits per heavy atom. The van der Waals surface area contributed by atoms with E-state index in [0.29, 0.717) is 29.1 Å². The molecular weight excluding hydrogens is 475 g/mol. The number of carbonyl (C=O) groups is 2. The van der Waals surface area contributed by atoms with Crippen LogP contribution < -0.4 is 15.6 Å². The molecule has 1 unspecified atom stereocenters. The van der Waals surface area contributed by atoms with Gasteiger partial charge in [0.05, 0.1) is 24.2 Å². The van der Waals surface area contributed by atoms with Crippen LogP contribution >= 0.6 is 0 Å². The Balaban J connectivity index is 1.44. The third kappa shape index (κ3) is 5.67. The molecule has 11 heteroatoms. The molecular formula is C25H24F3N5O3. The monoisotopic (exact) mass is 499 g/mol. The Morgan fingerprint density at radius 1 is 1.25 bits per heavy atom. The predicted octanol–water partition coefficient (Wildman–Crippen LogP) is 3.33. The summed E-state index contributed by atoms with van der Waals surface area (Å²) < 4.78 is 41.3. The van der Waals surface area contributed by atoms with E-state index >= 15 is 0 Å². The number of fused-ring (bicyclic) bond motifs is 1. The first-order chi connectivity index (χ1) is 17.2. The minimum absolute atomic E-state index is 0.0722. The van der Waals surface area contributed by atoms with Gasteiger partial charge in [-0.1, -0.05) is 18.2 Å². The van der Waals surface area contributed by atoms with Gasteiger partial charge in [0.2, 0.25) is 5.91 Å². The zero-order valence-corrected chi connectivity index (χ0v) is 19.4. The summed E-state index contributed by atoms with van der Waals surface area (Å²) in [5, 5.41) is 13.5. The van der Waals surface area contributed by atoms with Crippen LogP contribution in [0.4, 0.5) is 24.5 Å². The third-order valence-electron chi connectivity index (χ3n) is 5.92. The topological polar surface area (TPSA) is 97.7 Å². The van der Waals surface area contributed by atoms with Gasteiger partial charge in [0.25, 0.3) is 5.91 Å². The summed E-state index contributed by atoms with van der Waals surface area (Å²) in [6.45, 7) is 0.670. The molecule has 2 aliphatic rings. The van der Waals surface area contributed by atoms with Crippen molar-refractivity contribution in [2.24, 2.45) is 5.92 Å². The van der Waals surface area contributed by atoms with E-state index in [9.17, 15) is 22.8 Å². The maximum Gasteiger partial charge on any atom is 0.411 e. The van der Waals surface area contributed by atoms with Crippen molar-refractivity contribution in [2.45, 2.75) is 25.6 Å². The molecule has 1 fully saturated rings. The van der Waals surface area contributed by atoms with Gasteiger partial charge in [-0.05, 0) is 49.2 Å². The molecule has 2 atom stereocenters. The maximum absolute atomic E-state index is 13.5. The van der Waals surface area contributed by atoms with Gasteiger partial charge in [-0.2, -0.15) is 18.4 Å². The average Bonchev–Trinajstić information content (AvgIpc) is 3.26. The summed E-state index contributed by atoms with van der Waals surface area (Å²) in [6.07, 6.45) is -2.30. The highest BCUT2D eigenvalue weighted by Gasteiger charge is 2.47. The molecule has 0 saturated carbocycles. The number of allylic oxidation sites excluding steroid dienone is 1. The summed E-state index contributed by atoms with van der Waals surface area (Å²) in [5.41, 5.74) is 5.96. The molecule has 2 aromatic rings. The number of hydrogen-bond acceptors (Lipinski definition) is 6. The molecule has 2 heterocycles. The second-order valence-corrected chi connectivity index (χ2v) is 8.53. The van der Waals surface area contributed by atoms with Crippen molar-refractivity contribution in [1.29, 1.82) is 5.26 Å². The lowest BCUT2D eigenvalue weighted by atomic mass is 9.97. The highest BCUT2D eigenvalue weighted by atomic mass is 19.4. The van der Waals surface area contributed by atoms with Crippen molar-refractivity contribution in [3.63, 3.8) is 0 Å². The molecule has 4 rings (SSSR count). The van der Waals surface area contributed by atoms with Gasteiger partial charge in [0.1, 0.15) is 12.6 Å². The summed E-state index contributed by atoms with van der Waals surface area (Å²) in [7, 11) is 0. The van der Waals surface area contributed by atoms with Crippen molar-refractivity contribution in [3.8, 4) is 6.07 Å². The van der Waals surface area contributed by atoms with Crippen LogP contribution in [0.5, 0.6) is 0 Å². The van der Waals surface area contributed by atoms with Crippen LogP contribution in [-0.2, 0) is 20.7 Å². The van der Waals surface area contributed by atoms with E-state index in [0.717, 1.165) is 5.56 Å². The number of nitriles is 1. The predicted molar refractivity (Wildman–Crippen MR) is 125 cm³/mol. The van der Waals surface area contributed by atoms with E-state index in [-0.39, 0.29) is 25.0 Å². The molecule has 0 aromatic heterocycles. The Bertz CT molecular complexity index is 1210. The van der Waals surface area contributed by atoms with E-state index < -0.39 is 24.7 Å². The fraction of sp³-hybridized carbons (Fsp3) is 0.320. The first-order valence-corrected chi connectivity index (χ1v) is 11.2. The van der Waals surface area contributed by atoms with Crippen LogP contribution in [0.2, 0.25) is 0 Å². The Hall–Kier alpha value is -3.88. The SMILES string of the molecule is CC1=CN2NC[C@H](C(=O)Nc3cccc(C#N)c3)C2C(=O)N1c1ccc(CCOCC(F)(F)F)cc1. The van der Waals surface area contributed by atoms with Crippen LogP contribution in [-0.4, -0.2) is 48.8 Å². The number of hydrazine groups is 1. The number of hydrogen-bond donors (Lipinski definition) is 2. The normalized spacial score (nSPS) is 19.5. The maximum atomic E-state index is 13.5. The fourth-order valence-corrected chi connectivity index (χ4v) is 4.25. The van der Waals surface area contributed by atoms with E-state index in [1.54, 1.807) is 66.7 Å². The van der Waals surface area contributed by atoms with Gasteiger partial charge in [-0.3, -0.25) is 14.5 Å². The zero-order valence-electron chi connectivity index (χ0n) is 19.4. The number of rotatable bonds is 7. The number of benzene rings is 2. The van der Waals surface area contributed by atoms with Gasteiger partial charge < -0.3 is 15.1 Å². The smallest absolute Gasteiger partial charge is 0.372 e. The standard InChI is InChI=1S/C25H24F3N5O3/c1-16-14-32-22(21(13-30-32)23(34)31-19-4-2-3-18(11-19)12-29)24(35)33(16)20-7-5-17(6-8-20)9-10-36-15-25(26,27)28/h2-8,11,14,21-22,30H,9-10,13,15H2,1H3,(H,31,34)/t21-,22?/m0/s1. The number of anilines is 2. The van der Waals surface area contributed by atoms with E-state index in [1.807, 2.05) is 6.07 Å². The van der Waals surface area contributed by atoms with Crippen molar-refractivity contribution in [3.05, 3.63) is 71.6 Å². The van der Waals surface area contributed by atoms with Gasteiger partial charge >= 0.3 is 6.18 Å². The molecule has 2 amide bonds. The number of ether oxygens (including phenoxy) is 1. The lowest BCUT2D eigenvalue weighted by Gasteiger charge is -2.36. The number of nitrogens with one attached hydrogen (secondary N) is 2. The van der Waals surface area contributed by atoms with Crippen molar-refractivity contribution in [2.75, 3.05) is 30.0 Å². The summed E-state index contributed by atoms with van der Waals surface area (Å²) >= 11 is 0. The Kier molecular flexibility index (Phi) is 7.28. The van der Waals surface area contributed by atoms with Gasteiger partial charge in [-0.15, -0.1) is 0 Å². The van der Waals surface area contributed by atoms with Gasteiger partial charge in [-0.25, -0.2) is 5.43 Å². The van der Waals surface area contributed by atoms with Crippen molar-refractivity contribution in [1.82, 2.24) is 10.4 Å². The van der Waals surface area contributed by atoms with Crippen LogP contribution in [0.25, 0.3) is 0 Å². The van der Waals surface area contributed by atoms with E-state index in [4.69, 9.17) is 5.26 Å². The molecule has 0 spiro atoms. The number of carbonyl (C=O) groups excluding carboxylic acids is 2. The molecule has 8 nitrogen and oxygen atoms in total. The molecule has 2 aromatic carbocycles. The minimum atomic E-state index is -4.36. The average molecular weight is 499 g/mol. The van der Waals surface area contributed by atoms with Crippen LogP contribution in [0.3, 0.4) is 0 Å². The highest BCUT2D eigenvalue weighted by Crippen LogP contribution is 2.31. The van der Waals surface area contributed by atoms with Crippen molar-refractivity contribution >= 4 is 23.2 Å². The van der Waals surface area contributed by atoms with Crippen LogP contribution in [0.1, 0.15) is 18.1 Å². The largest absolute Gasteiger partial charge is 0.411 e. The quantitative estimate of drug-likeness (QED) is 0.568. The molecule has 0 aliphatic carbocycles. The number of nitrogens with zero attached hydrogens (tertiary/aromatic N) is 3. The second-order valence-electron chi connectivity index (χ2n) is 8.53. The lowest BCUT2D eigenvalue weighted by molar-refractivity contribution is -0.173. The third-order valence-corrected chi connectivity index (χ3v) is 5.92. The fourth-order valence-electron chi connectivity index (χ4n) is 4.25. The van der Waals surface area contributed by atoms with E-state index in [2.05, 4.69) is 15.5 Å². The number of halogens is 3. The molecule has 1 saturated heterocycles. The highest BCUT2D eigenvalue weighted by molar-refractivity contribution is 6.05. The first-order valence-electron chi connectivity index (χ1n) is 11.2. The summed E-state index contributed by atoms with van der Waals surface area (Å²) in [5.74, 6) is -1.31. The zero-order chi connectivity index (χ0) is 25.9. The van der Waals surface area contributed by atoms with Crippen LogP contribution in [0, 0.1) is 17.2 Å². The molecule has 188 valence electrons. The molecule has 2 N–H and O–H groups in total. The van der Waals surface area contributed by atoms with Gasteiger partial charge in [0.15, 0.2) is 0 Å². The summed E-state index contributed by atoms with van der Waals surface area (Å²) in [6, 6.07) is 14.7. The molecule has 0 radical (unpaired) electrons. The number of amides is 2. The molecule has 2 aliphatic heterocycles. The Labute approximate surface area is 205 Å². The van der Waals surface area contributed by atoms with Gasteiger partial charge in [0, 0.05) is 29.8 Å². The number of alkyl halides is 3.